The van der Waals surface area contributed by atoms with Crippen molar-refractivity contribution in [3.63, 3.8) is 0 Å². The SMILES string of the molecule is CO[C@@H]1C[C@@H]2CC(N)C3(CC3)[C@]2(NN[C@@]23C/C(=N/O)C4(CC4)[C@@H]2C[C@H](OC)C3)C1. The third-order valence-corrected chi connectivity index (χ3v) is 10.3. The van der Waals surface area contributed by atoms with Crippen LogP contribution in [0, 0.1) is 22.7 Å². The molecule has 2 spiro atoms. The average Bonchev–Trinajstić information content (AvgIpc) is 3.60. The van der Waals surface area contributed by atoms with Gasteiger partial charge in [-0.2, -0.15) is 0 Å². The van der Waals surface area contributed by atoms with Gasteiger partial charge in [0.05, 0.1) is 17.9 Å². The zero-order chi connectivity index (χ0) is 20.1. The van der Waals surface area contributed by atoms with Gasteiger partial charge in [-0.25, -0.2) is 0 Å². The van der Waals surface area contributed by atoms with Crippen LogP contribution in [-0.4, -0.2) is 54.5 Å². The first-order valence-electron chi connectivity index (χ1n) is 11.5. The van der Waals surface area contributed by atoms with Gasteiger partial charge < -0.3 is 20.4 Å². The molecule has 0 amide bonds. The number of oxime groups is 1. The quantitative estimate of drug-likeness (QED) is 0.413. The van der Waals surface area contributed by atoms with Crippen molar-refractivity contribution in [2.24, 2.45) is 33.6 Å². The number of methoxy groups -OCH3 is 2. The first kappa shape index (κ1) is 19.0. The number of nitrogens with one attached hydrogen (secondary N) is 2. The number of rotatable bonds is 5. The van der Waals surface area contributed by atoms with Crippen LogP contribution >= 0.6 is 0 Å². The summed E-state index contributed by atoms with van der Waals surface area (Å²) in [6, 6.07) is 0.288. The topological polar surface area (TPSA) is 101 Å². The monoisotopic (exact) mass is 404 g/mol. The van der Waals surface area contributed by atoms with Crippen molar-refractivity contribution in [3.8, 4) is 0 Å². The standard InChI is InChI=1S/C22H36N4O3/c1-28-14-7-13-8-17(23)20(5-6-20)22(13,11-14)26-25-21-10-15(29-2)9-16(21)19(3-4-19)18(12-21)24-27/h13-17,25-27H,3-12,23H2,1-2H3/b24-18-/t13-,14-,15+,16+,17?,21+,22+/m1/s1. The Morgan fingerprint density at radius 3 is 2.34 bits per heavy atom. The van der Waals surface area contributed by atoms with Crippen molar-refractivity contribution in [1.29, 1.82) is 0 Å². The van der Waals surface area contributed by atoms with Crippen LogP contribution in [0.1, 0.15) is 64.2 Å². The van der Waals surface area contributed by atoms with E-state index in [4.69, 9.17) is 15.2 Å². The molecule has 6 rings (SSSR count). The second-order valence-corrected chi connectivity index (χ2v) is 11.1. The van der Waals surface area contributed by atoms with E-state index in [0.29, 0.717) is 17.9 Å². The maximum absolute atomic E-state index is 9.73. The van der Waals surface area contributed by atoms with Gasteiger partial charge in [-0.1, -0.05) is 5.16 Å². The Kier molecular flexibility index (Phi) is 3.89. The van der Waals surface area contributed by atoms with Crippen molar-refractivity contribution in [2.45, 2.75) is 93.5 Å². The maximum Gasteiger partial charge on any atom is 0.0654 e. The summed E-state index contributed by atoms with van der Waals surface area (Å²) < 4.78 is 11.6. The van der Waals surface area contributed by atoms with Gasteiger partial charge in [0.15, 0.2) is 0 Å². The highest BCUT2D eigenvalue weighted by molar-refractivity contribution is 5.96. The summed E-state index contributed by atoms with van der Waals surface area (Å²) in [6.45, 7) is 0. The minimum absolute atomic E-state index is 0.0212. The molecular weight excluding hydrogens is 368 g/mol. The molecule has 0 aromatic heterocycles. The second-order valence-electron chi connectivity index (χ2n) is 11.1. The molecule has 29 heavy (non-hydrogen) atoms. The molecule has 6 saturated carbocycles. The van der Waals surface area contributed by atoms with E-state index in [1.165, 1.54) is 12.8 Å². The molecule has 7 nitrogen and oxygen atoms in total. The number of nitrogens with zero attached hydrogens (tertiary/aromatic N) is 1. The van der Waals surface area contributed by atoms with Gasteiger partial charge in [-0.05, 0) is 69.6 Å². The molecule has 0 aromatic carbocycles. The van der Waals surface area contributed by atoms with Crippen molar-refractivity contribution < 1.29 is 14.7 Å². The summed E-state index contributed by atoms with van der Waals surface area (Å²) in [4.78, 5) is 0. The van der Waals surface area contributed by atoms with Crippen LogP contribution in [0.15, 0.2) is 5.16 Å². The molecule has 1 unspecified atom stereocenters. The fourth-order valence-electron chi connectivity index (χ4n) is 8.56. The number of hydrazine groups is 1. The van der Waals surface area contributed by atoms with Crippen LogP contribution in [0.4, 0.5) is 0 Å². The minimum Gasteiger partial charge on any atom is -0.411 e. The van der Waals surface area contributed by atoms with Crippen LogP contribution in [0.2, 0.25) is 0 Å². The molecular formula is C22H36N4O3. The van der Waals surface area contributed by atoms with Crippen molar-refractivity contribution >= 4 is 5.71 Å². The second kappa shape index (κ2) is 5.94. The van der Waals surface area contributed by atoms with E-state index in [0.717, 1.165) is 57.1 Å². The highest BCUT2D eigenvalue weighted by Gasteiger charge is 2.74. The largest absolute Gasteiger partial charge is 0.411 e. The predicted molar refractivity (Wildman–Crippen MR) is 109 cm³/mol. The molecule has 7 atom stereocenters. The molecule has 6 aliphatic rings. The first-order chi connectivity index (χ1) is 14.0. The lowest BCUT2D eigenvalue weighted by molar-refractivity contribution is 0.0666. The molecule has 0 aromatic rings. The van der Waals surface area contributed by atoms with Gasteiger partial charge in [-0.15, -0.1) is 0 Å². The number of fused-ring (bicyclic) bond motifs is 4. The molecule has 0 heterocycles. The Balaban J connectivity index is 1.31. The van der Waals surface area contributed by atoms with Gasteiger partial charge in [0, 0.05) is 48.6 Å². The van der Waals surface area contributed by atoms with Gasteiger partial charge in [0.2, 0.25) is 0 Å². The van der Waals surface area contributed by atoms with E-state index < -0.39 is 0 Å². The van der Waals surface area contributed by atoms with Gasteiger partial charge in [0.25, 0.3) is 0 Å². The molecule has 5 N–H and O–H groups in total. The van der Waals surface area contributed by atoms with Crippen molar-refractivity contribution in [3.05, 3.63) is 0 Å². The lowest BCUT2D eigenvalue weighted by Crippen LogP contribution is -2.65. The Morgan fingerprint density at radius 2 is 1.72 bits per heavy atom. The Bertz CT molecular complexity index is 736. The smallest absolute Gasteiger partial charge is 0.0654 e. The van der Waals surface area contributed by atoms with E-state index in [1.54, 1.807) is 0 Å². The lowest BCUT2D eigenvalue weighted by Gasteiger charge is -2.43. The first-order valence-corrected chi connectivity index (χ1v) is 11.5. The molecule has 7 heteroatoms. The number of ether oxygens (including phenoxy) is 2. The molecule has 6 fully saturated rings. The Hall–Kier alpha value is -0.730. The van der Waals surface area contributed by atoms with E-state index in [2.05, 4.69) is 16.0 Å². The minimum atomic E-state index is -0.0913. The fraction of sp³-hybridized carbons (Fsp3) is 0.955. The molecule has 162 valence electrons. The van der Waals surface area contributed by atoms with Crippen LogP contribution in [0.5, 0.6) is 0 Å². The fourth-order valence-corrected chi connectivity index (χ4v) is 8.56. The van der Waals surface area contributed by atoms with Gasteiger partial charge >= 0.3 is 0 Å². The third-order valence-electron chi connectivity index (χ3n) is 10.3. The summed E-state index contributed by atoms with van der Waals surface area (Å²) in [5.74, 6) is 1.03. The molecule has 0 aliphatic heterocycles. The van der Waals surface area contributed by atoms with E-state index in [-0.39, 0.29) is 34.1 Å². The number of hydrogen-bond acceptors (Lipinski definition) is 7. The number of hydrogen-bond donors (Lipinski definition) is 4. The predicted octanol–water partition coefficient (Wildman–Crippen LogP) is 1.93. The molecule has 0 radical (unpaired) electrons. The summed E-state index contributed by atoms with van der Waals surface area (Å²) >= 11 is 0. The average molecular weight is 405 g/mol. The zero-order valence-electron chi connectivity index (χ0n) is 17.7. The number of nitrogens with two attached hydrogens (primary N) is 1. The van der Waals surface area contributed by atoms with Gasteiger partial charge in [-0.3, -0.25) is 10.9 Å². The van der Waals surface area contributed by atoms with E-state index in [1.807, 2.05) is 14.2 Å². The zero-order valence-corrected chi connectivity index (χ0v) is 17.7. The summed E-state index contributed by atoms with van der Waals surface area (Å²) in [6.07, 6.45) is 11.4. The highest BCUT2D eigenvalue weighted by atomic mass is 16.5. The van der Waals surface area contributed by atoms with Crippen LogP contribution in [0.3, 0.4) is 0 Å². The van der Waals surface area contributed by atoms with E-state index in [9.17, 15) is 5.21 Å². The van der Waals surface area contributed by atoms with Crippen LogP contribution in [-0.2, 0) is 9.47 Å². The maximum atomic E-state index is 9.73. The summed E-state index contributed by atoms with van der Waals surface area (Å²) in [7, 11) is 3.68. The van der Waals surface area contributed by atoms with Crippen LogP contribution in [0.25, 0.3) is 0 Å². The molecule has 0 saturated heterocycles. The Labute approximate surface area is 173 Å². The third kappa shape index (κ3) is 2.23. The highest BCUT2D eigenvalue weighted by Crippen LogP contribution is 2.70. The Morgan fingerprint density at radius 1 is 1.00 bits per heavy atom. The molecule has 0 bridgehead atoms. The van der Waals surface area contributed by atoms with Crippen LogP contribution < -0.4 is 16.6 Å². The van der Waals surface area contributed by atoms with Crippen molar-refractivity contribution in [2.75, 3.05) is 14.2 Å². The van der Waals surface area contributed by atoms with Crippen molar-refractivity contribution in [1.82, 2.24) is 10.9 Å². The normalized spacial score (nSPS) is 51.8. The summed E-state index contributed by atoms with van der Waals surface area (Å²) in [5.41, 5.74) is 15.8. The molecule has 6 aliphatic carbocycles. The summed E-state index contributed by atoms with van der Waals surface area (Å²) in [5, 5.41) is 13.5. The van der Waals surface area contributed by atoms with Gasteiger partial charge in [0.1, 0.15) is 0 Å². The lowest BCUT2D eigenvalue weighted by atomic mass is 9.79. The van der Waals surface area contributed by atoms with E-state index >= 15 is 0 Å².